The largest absolute Gasteiger partial charge is 0.344 e. The van der Waals surface area contributed by atoms with Crippen molar-refractivity contribution in [2.75, 3.05) is 19.6 Å². The number of nitrogens with zero attached hydrogens (tertiary/aromatic N) is 2. The fourth-order valence-electron chi connectivity index (χ4n) is 5.01. The van der Waals surface area contributed by atoms with E-state index in [0.29, 0.717) is 19.6 Å². The highest BCUT2D eigenvalue weighted by Crippen LogP contribution is 2.26. The Balaban J connectivity index is 2.00. The predicted molar refractivity (Wildman–Crippen MR) is 124 cm³/mol. The zero-order valence-corrected chi connectivity index (χ0v) is 20.5. The summed E-state index contributed by atoms with van der Waals surface area (Å²) < 4.78 is 0. The first-order chi connectivity index (χ1) is 14.8. The van der Waals surface area contributed by atoms with E-state index in [4.69, 9.17) is 0 Å². The van der Waals surface area contributed by atoms with Gasteiger partial charge in [-0.25, -0.2) is 0 Å². The highest BCUT2D eigenvalue weighted by Gasteiger charge is 2.37. The molecule has 2 rings (SSSR count). The van der Waals surface area contributed by atoms with Crippen molar-refractivity contribution in [1.29, 1.82) is 0 Å². The van der Waals surface area contributed by atoms with E-state index in [1.807, 2.05) is 23.6 Å². The van der Waals surface area contributed by atoms with Gasteiger partial charge >= 0.3 is 0 Å². The fraction of sp³-hybridized carbons (Fsp3) is 0.880. The molecule has 2 fully saturated rings. The molecule has 6 heteroatoms. The highest BCUT2D eigenvalue weighted by molar-refractivity contribution is 5.89. The Kier molecular flexibility index (Phi) is 10.3. The van der Waals surface area contributed by atoms with E-state index in [1.165, 1.54) is 0 Å². The van der Waals surface area contributed by atoms with Crippen LogP contribution >= 0.6 is 0 Å². The smallest absolute Gasteiger partial charge is 0.245 e. The lowest BCUT2D eigenvalue weighted by Gasteiger charge is -2.42. The van der Waals surface area contributed by atoms with Gasteiger partial charge in [0.1, 0.15) is 6.04 Å². The first-order valence-electron chi connectivity index (χ1n) is 12.7. The summed E-state index contributed by atoms with van der Waals surface area (Å²) in [7, 11) is 0. The number of piperazine rings is 1. The van der Waals surface area contributed by atoms with E-state index < -0.39 is 6.04 Å². The lowest BCUT2D eigenvalue weighted by atomic mass is 9.95. The third kappa shape index (κ3) is 6.69. The number of unbranched alkanes of at least 4 members (excludes halogenated alkanes) is 1. The van der Waals surface area contributed by atoms with Crippen molar-refractivity contribution in [3.63, 3.8) is 0 Å². The number of nitrogens with one attached hydrogen (secondary N) is 1. The zero-order valence-electron chi connectivity index (χ0n) is 20.5. The van der Waals surface area contributed by atoms with Crippen LogP contribution in [0.4, 0.5) is 0 Å². The molecule has 2 aliphatic rings. The second-order valence-corrected chi connectivity index (χ2v) is 9.77. The molecule has 1 saturated heterocycles. The van der Waals surface area contributed by atoms with Crippen LogP contribution in [0, 0.1) is 17.8 Å². The summed E-state index contributed by atoms with van der Waals surface area (Å²) in [4.78, 5) is 43.1. The molecule has 0 aromatic carbocycles. The van der Waals surface area contributed by atoms with E-state index in [0.717, 1.165) is 57.8 Å². The van der Waals surface area contributed by atoms with Crippen molar-refractivity contribution in [3.8, 4) is 0 Å². The molecule has 1 N–H and O–H groups in total. The molecule has 0 radical (unpaired) electrons. The van der Waals surface area contributed by atoms with Gasteiger partial charge in [-0.15, -0.1) is 0 Å². The van der Waals surface area contributed by atoms with E-state index in [1.54, 1.807) is 0 Å². The SMILES string of the molecule is CCCCC(CC)C(=O)N1CCN(C(=O)C(NC(=O)C2CCCC2)C(C)CC)CC1C. The highest BCUT2D eigenvalue weighted by atomic mass is 16.2. The summed E-state index contributed by atoms with van der Waals surface area (Å²) in [5, 5.41) is 3.10. The van der Waals surface area contributed by atoms with Gasteiger partial charge in [-0.1, -0.05) is 59.8 Å². The number of carbonyl (C=O) groups is 3. The average molecular weight is 436 g/mol. The maximum Gasteiger partial charge on any atom is 0.245 e. The Morgan fingerprint density at radius 2 is 1.68 bits per heavy atom. The molecule has 6 nitrogen and oxygen atoms in total. The minimum atomic E-state index is -0.472. The summed E-state index contributed by atoms with van der Waals surface area (Å²) in [5.74, 6) is 0.525. The van der Waals surface area contributed by atoms with Crippen molar-refractivity contribution >= 4 is 17.7 Å². The average Bonchev–Trinajstić information content (AvgIpc) is 3.31. The monoisotopic (exact) mass is 435 g/mol. The van der Waals surface area contributed by atoms with Crippen LogP contribution in [-0.4, -0.2) is 59.2 Å². The molecule has 0 aromatic rings. The van der Waals surface area contributed by atoms with E-state index in [-0.39, 0.29) is 41.5 Å². The van der Waals surface area contributed by atoms with Gasteiger partial charge in [0.2, 0.25) is 17.7 Å². The molecule has 31 heavy (non-hydrogen) atoms. The fourth-order valence-corrected chi connectivity index (χ4v) is 5.01. The van der Waals surface area contributed by atoms with E-state index >= 15 is 0 Å². The van der Waals surface area contributed by atoms with Crippen molar-refractivity contribution in [3.05, 3.63) is 0 Å². The number of amides is 3. The number of carbonyl (C=O) groups excluding carboxylic acids is 3. The van der Waals surface area contributed by atoms with Crippen LogP contribution < -0.4 is 5.32 Å². The maximum absolute atomic E-state index is 13.4. The molecule has 178 valence electrons. The van der Waals surface area contributed by atoms with Crippen LogP contribution in [0.25, 0.3) is 0 Å². The van der Waals surface area contributed by atoms with Crippen molar-refractivity contribution < 1.29 is 14.4 Å². The molecule has 1 aliphatic heterocycles. The molecule has 4 unspecified atom stereocenters. The third-order valence-corrected chi connectivity index (χ3v) is 7.47. The normalized spacial score (nSPS) is 22.8. The summed E-state index contributed by atoms with van der Waals surface area (Å²) in [6, 6.07) is -0.468. The van der Waals surface area contributed by atoms with Gasteiger partial charge in [0.05, 0.1) is 0 Å². The van der Waals surface area contributed by atoms with Gasteiger partial charge in [-0.05, 0) is 38.5 Å². The van der Waals surface area contributed by atoms with Crippen molar-refractivity contribution in [2.45, 2.75) is 104 Å². The van der Waals surface area contributed by atoms with Gasteiger partial charge < -0.3 is 15.1 Å². The first-order valence-corrected chi connectivity index (χ1v) is 12.7. The molecule has 1 aliphatic carbocycles. The van der Waals surface area contributed by atoms with Gasteiger partial charge in [0, 0.05) is 37.5 Å². The number of rotatable bonds is 10. The molecular formula is C25H45N3O3. The Morgan fingerprint density at radius 1 is 1.00 bits per heavy atom. The molecule has 1 saturated carbocycles. The van der Waals surface area contributed by atoms with Crippen molar-refractivity contribution in [2.24, 2.45) is 17.8 Å². The Morgan fingerprint density at radius 3 is 2.23 bits per heavy atom. The van der Waals surface area contributed by atoms with Crippen LogP contribution in [0.15, 0.2) is 0 Å². The Hall–Kier alpha value is -1.59. The molecule has 0 aromatic heterocycles. The molecular weight excluding hydrogens is 390 g/mol. The Bertz CT molecular complexity index is 603. The van der Waals surface area contributed by atoms with Crippen LogP contribution in [0.1, 0.15) is 92.4 Å². The van der Waals surface area contributed by atoms with Crippen LogP contribution in [-0.2, 0) is 14.4 Å². The third-order valence-electron chi connectivity index (χ3n) is 7.47. The van der Waals surface area contributed by atoms with E-state index in [9.17, 15) is 14.4 Å². The number of hydrogen-bond donors (Lipinski definition) is 1. The summed E-state index contributed by atoms with van der Waals surface area (Å²) in [6.45, 7) is 12.1. The lowest BCUT2D eigenvalue weighted by Crippen LogP contribution is -2.61. The first kappa shape index (κ1) is 25.7. The second-order valence-electron chi connectivity index (χ2n) is 9.77. The molecule has 4 atom stereocenters. The zero-order chi connectivity index (χ0) is 23.0. The minimum Gasteiger partial charge on any atom is -0.344 e. The minimum absolute atomic E-state index is 0.00370. The predicted octanol–water partition coefficient (Wildman–Crippen LogP) is 3.98. The number of hydrogen-bond acceptors (Lipinski definition) is 3. The molecule has 1 heterocycles. The molecule has 0 spiro atoms. The topological polar surface area (TPSA) is 69.7 Å². The van der Waals surface area contributed by atoms with Gasteiger partial charge in [0.25, 0.3) is 0 Å². The van der Waals surface area contributed by atoms with Crippen LogP contribution in [0.2, 0.25) is 0 Å². The van der Waals surface area contributed by atoms with E-state index in [2.05, 4.69) is 26.1 Å². The quantitative estimate of drug-likeness (QED) is 0.564. The maximum atomic E-state index is 13.4. The molecule has 3 amide bonds. The van der Waals surface area contributed by atoms with Gasteiger partial charge in [-0.2, -0.15) is 0 Å². The van der Waals surface area contributed by atoms with Crippen LogP contribution in [0.5, 0.6) is 0 Å². The summed E-state index contributed by atoms with van der Waals surface area (Å²) in [6.07, 6.45) is 8.90. The summed E-state index contributed by atoms with van der Waals surface area (Å²) in [5.41, 5.74) is 0. The molecule has 0 bridgehead atoms. The van der Waals surface area contributed by atoms with Gasteiger partial charge in [0.15, 0.2) is 0 Å². The standard InChI is InChI=1S/C25H45N3O3/c1-6-9-12-20(8-3)24(30)28-16-15-27(17-19(28)5)25(31)22(18(4)7-2)26-23(29)21-13-10-11-14-21/h18-22H,6-17H2,1-5H3,(H,26,29). The van der Waals surface area contributed by atoms with Gasteiger partial charge in [-0.3, -0.25) is 14.4 Å². The second kappa shape index (κ2) is 12.4. The van der Waals surface area contributed by atoms with Crippen molar-refractivity contribution in [1.82, 2.24) is 15.1 Å². The lowest BCUT2D eigenvalue weighted by molar-refractivity contribution is -0.147. The van der Waals surface area contributed by atoms with Crippen LogP contribution in [0.3, 0.4) is 0 Å². The summed E-state index contributed by atoms with van der Waals surface area (Å²) >= 11 is 0. The Labute approximate surface area is 189 Å².